The molecule has 4 rings (SSSR count). The summed E-state index contributed by atoms with van der Waals surface area (Å²) in [5.41, 5.74) is -4.10. The van der Waals surface area contributed by atoms with Gasteiger partial charge in [-0.2, -0.15) is 44.3 Å². The molecule has 2 aromatic heterocycles. The van der Waals surface area contributed by atoms with E-state index in [1.165, 1.54) is 11.9 Å². The highest BCUT2D eigenvalue weighted by Gasteiger charge is 2.38. The van der Waals surface area contributed by atoms with Crippen molar-refractivity contribution < 1.29 is 39.5 Å². The molecule has 44 heavy (non-hydrogen) atoms. The second-order valence-corrected chi connectivity index (χ2v) is 10.9. The number of nitrogens with zero attached hydrogens (tertiary/aromatic N) is 8. The summed E-state index contributed by atoms with van der Waals surface area (Å²) < 4.78 is 123. The molecule has 1 aromatic carbocycles. The van der Waals surface area contributed by atoms with Gasteiger partial charge in [0.1, 0.15) is 0 Å². The summed E-state index contributed by atoms with van der Waals surface area (Å²) in [7, 11) is 5.25. The van der Waals surface area contributed by atoms with E-state index in [1.54, 1.807) is 0 Å². The lowest BCUT2D eigenvalue weighted by Gasteiger charge is -2.31. The number of likely N-dealkylation sites (tertiary alicyclic amines) is 1. The molecule has 3 aromatic rings. The normalized spacial score (nSPS) is 17.5. The molecule has 0 aliphatic carbocycles. The lowest BCUT2D eigenvalue weighted by atomic mass is 10.0. The molecule has 0 radical (unpaired) electrons. The number of aryl methyl sites for hydroxylation is 1. The van der Waals surface area contributed by atoms with Gasteiger partial charge in [-0.1, -0.05) is 12.0 Å². The maximum absolute atomic E-state index is 13.8. The first-order valence-corrected chi connectivity index (χ1v) is 13.6. The number of benzene rings is 1. The number of anilines is 1. The number of tetrazole rings is 1. The summed E-state index contributed by atoms with van der Waals surface area (Å²) in [6.07, 6.45) is -12.9. The van der Waals surface area contributed by atoms with E-state index in [0.717, 1.165) is 23.5 Å². The lowest BCUT2D eigenvalue weighted by Crippen LogP contribution is -2.34. The van der Waals surface area contributed by atoms with Gasteiger partial charge in [0.25, 0.3) is 5.95 Å². The van der Waals surface area contributed by atoms with Crippen LogP contribution < -0.4 is 4.90 Å². The SMILES string of the molecule is CCC(c1ncc(C(F)(F)F)cc1CN(Cc1cc(C(F)(F)F)cc(C(F)(F)F)c1)c1nnn(C)n1)N1CCC(N(C)C)C1. The van der Waals surface area contributed by atoms with E-state index in [4.69, 9.17) is 0 Å². The van der Waals surface area contributed by atoms with Crippen molar-refractivity contribution in [2.75, 3.05) is 32.1 Å². The van der Waals surface area contributed by atoms with E-state index < -0.39 is 59.9 Å². The molecule has 0 bridgehead atoms. The lowest BCUT2D eigenvalue weighted by molar-refractivity contribution is -0.143. The van der Waals surface area contributed by atoms with Crippen LogP contribution >= 0.6 is 0 Å². The second kappa shape index (κ2) is 12.5. The van der Waals surface area contributed by atoms with Gasteiger partial charge in [-0.05, 0) is 67.5 Å². The van der Waals surface area contributed by atoms with Crippen LogP contribution in [0.3, 0.4) is 0 Å². The van der Waals surface area contributed by atoms with E-state index >= 15 is 0 Å². The Bertz CT molecular complexity index is 1400. The van der Waals surface area contributed by atoms with Gasteiger partial charge in [0.2, 0.25) is 0 Å². The first-order chi connectivity index (χ1) is 20.4. The van der Waals surface area contributed by atoms with Crippen molar-refractivity contribution in [3.8, 4) is 0 Å². The molecular formula is C27H31F9N8. The summed E-state index contributed by atoms with van der Waals surface area (Å²) in [6.45, 7) is 2.14. The van der Waals surface area contributed by atoms with Gasteiger partial charge in [-0.15, -0.1) is 5.10 Å². The van der Waals surface area contributed by atoms with Gasteiger partial charge in [0, 0.05) is 38.4 Å². The van der Waals surface area contributed by atoms with Crippen molar-refractivity contribution in [3.63, 3.8) is 0 Å². The van der Waals surface area contributed by atoms with Crippen LogP contribution in [0.5, 0.6) is 0 Å². The average Bonchev–Trinajstić information content (AvgIpc) is 3.57. The molecule has 8 nitrogen and oxygen atoms in total. The van der Waals surface area contributed by atoms with Crippen LogP contribution in [-0.2, 0) is 38.7 Å². The van der Waals surface area contributed by atoms with Crippen LogP contribution in [0.4, 0.5) is 45.5 Å². The first kappa shape index (κ1) is 33.4. The van der Waals surface area contributed by atoms with Crippen molar-refractivity contribution in [1.82, 2.24) is 35.0 Å². The maximum Gasteiger partial charge on any atom is 0.417 e. The fourth-order valence-electron chi connectivity index (χ4n) is 5.33. The molecule has 1 fully saturated rings. The molecule has 0 spiro atoms. The van der Waals surface area contributed by atoms with E-state index in [2.05, 4.69) is 30.2 Å². The molecular weight excluding hydrogens is 607 g/mol. The standard InChI is InChI=1S/C27H31F9N8/c1-5-22(43-7-6-21(15-43)41(2)3)23-17(10-20(12-37-23)27(34,35)36)14-44(24-38-40-42(4)39-24)13-16-8-18(25(28,29)30)11-19(9-16)26(31,32)33/h8-12,21-22H,5-7,13-15H2,1-4H3. The molecule has 2 unspecified atom stereocenters. The molecule has 1 saturated heterocycles. The van der Waals surface area contributed by atoms with Crippen LogP contribution in [0, 0.1) is 0 Å². The average molecular weight is 639 g/mol. The van der Waals surface area contributed by atoms with Crippen LogP contribution in [-0.4, -0.2) is 68.2 Å². The molecule has 0 saturated carbocycles. The predicted octanol–water partition coefficient (Wildman–Crippen LogP) is 5.96. The zero-order chi connectivity index (χ0) is 32.6. The van der Waals surface area contributed by atoms with Gasteiger partial charge in [0.05, 0.1) is 35.5 Å². The van der Waals surface area contributed by atoms with Crippen molar-refractivity contribution in [2.45, 2.75) is 63.5 Å². The Hall–Kier alpha value is -3.47. The third-order valence-electron chi connectivity index (χ3n) is 7.56. The molecule has 0 N–H and O–H groups in total. The summed E-state index contributed by atoms with van der Waals surface area (Å²) in [5, 5.41) is 11.6. The van der Waals surface area contributed by atoms with Crippen LogP contribution in [0.15, 0.2) is 30.5 Å². The third-order valence-corrected chi connectivity index (χ3v) is 7.56. The topological polar surface area (TPSA) is 66.2 Å². The summed E-state index contributed by atoms with van der Waals surface area (Å²) in [6, 6.07) is 1.84. The van der Waals surface area contributed by atoms with Crippen molar-refractivity contribution in [2.24, 2.45) is 7.05 Å². The van der Waals surface area contributed by atoms with E-state index in [-0.39, 0.29) is 23.6 Å². The molecule has 3 heterocycles. The Morgan fingerprint density at radius 1 is 0.886 bits per heavy atom. The molecule has 2 atom stereocenters. The van der Waals surface area contributed by atoms with E-state index in [9.17, 15) is 39.5 Å². The van der Waals surface area contributed by atoms with Crippen molar-refractivity contribution in [1.29, 1.82) is 0 Å². The van der Waals surface area contributed by atoms with Crippen LogP contribution in [0.1, 0.15) is 59.3 Å². The molecule has 0 amide bonds. The minimum atomic E-state index is -5.09. The van der Waals surface area contributed by atoms with Gasteiger partial charge in [-0.3, -0.25) is 9.88 Å². The molecule has 17 heteroatoms. The number of likely N-dealkylation sites (N-methyl/N-ethyl adjacent to an activating group) is 1. The van der Waals surface area contributed by atoms with Crippen LogP contribution in [0.2, 0.25) is 0 Å². The molecule has 1 aliphatic rings. The van der Waals surface area contributed by atoms with Gasteiger partial charge >= 0.3 is 18.5 Å². The number of aromatic nitrogens is 5. The predicted molar refractivity (Wildman–Crippen MR) is 141 cm³/mol. The Morgan fingerprint density at radius 3 is 1.98 bits per heavy atom. The number of pyridine rings is 1. The van der Waals surface area contributed by atoms with E-state index in [0.29, 0.717) is 37.3 Å². The Labute approximate surface area is 247 Å². The number of hydrogen-bond acceptors (Lipinski definition) is 7. The highest BCUT2D eigenvalue weighted by molar-refractivity contribution is 5.40. The van der Waals surface area contributed by atoms with Gasteiger partial charge in [0.15, 0.2) is 0 Å². The maximum atomic E-state index is 13.8. The largest absolute Gasteiger partial charge is 0.417 e. The minimum absolute atomic E-state index is 0.00608. The summed E-state index contributed by atoms with van der Waals surface area (Å²) >= 11 is 0. The smallest absolute Gasteiger partial charge is 0.329 e. The first-order valence-electron chi connectivity index (χ1n) is 13.6. The Morgan fingerprint density at radius 2 is 1.50 bits per heavy atom. The number of rotatable bonds is 9. The zero-order valence-corrected chi connectivity index (χ0v) is 24.3. The summed E-state index contributed by atoms with van der Waals surface area (Å²) in [4.78, 5) is 10.6. The quantitative estimate of drug-likeness (QED) is 0.268. The van der Waals surface area contributed by atoms with Gasteiger partial charge < -0.3 is 9.80 Å². The van der Waals surface area contributed by atoms with E-state index in [1.807, 2.05) is 21.0 Å². The Balaban J connectivity index is 1.80. The zero-order valence-electron chi connectivity index (χ0n) is 24.3. The highest BCUT2D eigenvalue weighted by atomic mass is 19.4. The number of alkyl halides is 9. The highest BCUT2D eigenvalue weighted by Crippen LogP contribution is 2.38. The fraction of sp³-hybridized carbons (Fsp3) is 0.556. The third kappa shape index (κ3) is 7.78. The number of hydrogen-bond donors (Lipinski definition) is 0. The monoisotopic (exact) mass is 638 g/mol. The summed E-state index contributed by atoms with van der Waals surface area (Å²) in [5.74, 6) is -0.205. The van der Waals surface area contributed by atoms with Crippen molar-refractivity contribution >= 4 is 5.95 Å². The molecule has 1 aliphatic heterocycles. The molecule has 242 valence electrons. The second-order valence-electron chi connectivity index (χ2n) is 10.9. The minimum Gasteiger partial charge on any atom is -0.329 e. The van der Waals surface area contributed by atoms with Gasteiger partial charge in [-0.25, -0.2) is 0 Å². The van der Waals surface area contributed by atoms with Crippen LogP contribution in [0.25, 0.3) is 0 Å². The Kier molecular flexibility index (Phi) is 9.49. The van der Waals surface area contributed by atoms with Crippen molar-refractivity contribution in [3.05, 3.63) is 64.0 Å². The fourth-order valence-corrected chi connectivity index (χ4v) is 5.33. The number of halogens is 9.